The number of nitriles is 1. The predicted molar refractivity (Wildman–Crippen MR) is 69.7 cm³/mol. The number of hydrogen-bond acceptors (Lipinski definition) is 3. The van der Waals surface area contributed by atoms with Gasteiger partial charge in [-0.15, -0.1) is 0 Å². The molecule has 0 aliphatic rings. The third-order valence-electron chi connectivity index (χ3n) is 2.24. The van der Waals surface area contributed by atoms with E-state index in [1.165, 1.54) is 12.1 Å². The largest absolute Gasteiger partial charge is 0.451 e. The quantitative estimate of drug-likeness (QED) is 0.850. The predicted octanol–water partition coefficient (Wildman–Crippen LogP) is 3.97. The average Bonchev–Trinajstić information content (AvgIpc) is 2.32. The van der Waals surface area contributed by atoms with Crippen LogP contribution in [0.25, 0.3) is 0 Å². The molecule has 0 aromatic heterocycles. The van der Waals surface area contributed by atoms with Gasteiger partial charge in [-0.3, -0.25) is 0 Å². The van der Waals surface area contributed by atoms with Crippen molar-refractivity contribution in [2.45, 2.75) is 0 Å². The van der Waals surface area contributed by atoms with Crippen LogP contribution >= 0.6 is 15.9 Å². The second-order valence-corrected chi connectivity index (χ2v) is 4.62. The molecule has 0 saturated carbocycles. The zero-order chi connectivity index (χ0) is 14.0. The van der Waals surface area contributed by atoms with Gasteiger partial charge < -0.3 is 10.5 Å². The highest BCUT2D eigenvalue weighted by molar-refractivity contribution is 9.10. The number of nitrogen functional groups attached to an aromatic ring is 1. The number of ether oxygens (including phenoxy) is 1. The van der Waals surface area contributed by atoms with Crippen LogP contribution in [0.1, 0.15) is 5.56 Å². The van der Waals surface area contributed by atoms with E-state index in [1.807, 2.05) is 0 Å². The van der Waals surface area contributed by atoms with Gasteiger partial charge in [0.15, 0.2) is 17.4 Å². The molecule has 6 heteroatoms. The molecule has 0 unspecified atom stereocenters. The first-order valence-corrected chi connectivity index (χ1v) is 5.92. The van der Waals surface area contributed by atoms with E-state index in [4.69, 9.17) is 15.7 Å². The second-order valence-electron chi connectivity index (χ2n) is 3.70. The minimum absolute atomic E-state index is 0.115. The molecule has 2 aromatic rings. The molecule has 0 spiro atoms. The molecule has 2 aromatic carbocycles. The van der Waals surface area contributed by atoms with Crippen LogP contribution in [-0.2, 0) is 0 Å². The van der Waals surface area contributed by atoms with Gasteiger partial charge in [0, 0.05) is 16.2 Å². The summed E-state index contributed by atoms with van der Waals surface area (Å²) in [6.45, 7) is 0. The number of nitrogens with two attached hydrogens (primary N) is 1. The summed E-state index contributed by atoms with van der Waals surface area (Å²) in [6, 6.07) is 8.04. The lowest BCUT2D eigenvalue weighted by Crippen LogP contribution is -1.95. The Balaban J connectivity index is 2.41. The Bertz CT molecular complexity index is 640. The Hall–Kier alpha value is -2.13. The Morgan fingerprint density at radius 3 is 2.26 bits per heavy atom. The summed E-state index contributed by atoms with van der Waals surface area (Å²) < 4.78 is 33.0. The van der Waals surface area contributed by atoms with Crippen LogP contribution in [-0.4, -0.2) is 0 Å². The highest BCUT2D eigenvalue weighted by atomic mass is 79.9. The van der Waals surface area contributed by atoms with Crippen molar-refractivity contribution in [3.8, 4) is 17.6 Å². The third kappa shape index (κ3) is 3.01. The molecular weight excluding hydrogens is 318 g/mol. The molecule has 0 fully saturated rings. The zero-order valence-corrected chi connectivity index (χ0v) is 11.0. The first-order valence-electron chi connectivity index (χ1n) is 5.12. The fourth-order valence-electron chi connectivity index (χ4n) is 1.48. The van der Waals surface area contributed by atoms with Crippen molar-refractivity contribution in [1.29, 1.82) is 5.26 Å². The highest BCUT2D eigenvalue weighted by Gasteiger charge is 2.14. The Kier molecular flexibility index (Phi) is 3.67. The smallest absolute Gasteiger partial charge is 0.198 e. The monoisotopic (exact) mass is 324 g/mol. The number of halogens is 3. The van der Waals surface area contributed by atoms with Gasteiger partial charge in [0.2, 0.25) is 0 Å². The van der Waals surface area contributed by atoms with Crippen molar-refractivity contribution in [1.82, 2.24) is 0 Å². The normalized spacial score (nSPS) is 10.0. The van der Waals surface area contributed by atoms with E-state index in [9.17, 15) is 8.78 Å². The van der Waals surface area contributed by atoms with Gasteiger partial charge in [0.1, 0.15) is 5.75 Å². The number of benzene rings is 2. The van der Waals surface area contributed by atoms with Crippen LogP contribution < -0.4 is 10.5 Å². The minimum Gasteiger partial charge on any atom is -0.451 e. The molecule has 0 aliphatic carbocycles. The molecule has 0 heterocycles. The molecule has 2 rings (SSSR count). The number of hydrogen-bond donors (Lipinski definition) is 1. The molecule has 0 amide bonds. The summed E-state index contributed by atoms with van der Waals surface area (Å²) in [4.78, 5) is 0. The summed E-state index contributed by atoms with van der Waals surface area (Å²) in [5.74, 6) is -2.28. The van der Waals surface area contributed by atoms with Gasteiger partial charge in [-0.2, -0.15) is 5.26 Å². The van der Waals surface area contributed by atoms with Crippen LogP contribution in [0, 0.1) is 23.0 Å². The van der Waals surface area contributed by atoms with Crippen molar-refractivity contribution >= 4 is 21.6 Å². The summed E-state index contributed by atoms with van der Waals surface area (Å²) in [6.07, 6.45) is 0. The van der Waals surface area contributed by atoms with Gasteiger partial charge in [-0.25, -0.2) is 8.78 Å². The van der Waals surface area contributed by atoms with Crippen molar-refractivity contribution in [2.24, 2.45) is 0 Å². The topological polar surface area (TPSA) is 59.0 Å². The molecule has 19 heavy (non-hydrogen) atoms. The van der Waals surface area contributed by atoms with Crippen LogP contribution in [0.4, 0.5) is 14.5 Å². The molecule has 0 bridgehead atoms. The van der Waals surface area contributed by atoms with E-state index in [-0.39, 0.29) is 11.3 Å². The molecular formula is C13H7BrF2N2O. The fourth-order valence-corrected chi connectivity index (χ4v) is 1.97. The summed E-state index contributed by atoms with van der Waals surface area (Å²) in [5, 5.41) is 8.59. The second kappa shape index (κ2) is 5.24. The lowest BCUT2D eigenvalue weighted by Gasteiger charge is -2.09. The SMILES string of the molecule is N#Cc1cc(F)c(Oc2cc(N)cc(Br)c2)c(F)c1. The van der Waals surface area contributed by atoms with E-state index in [2.05, 4.69) is 15.9 Å². The van der Waals surface area contributed by atoms with E-state index in [0.717, 1.165) is 12.1 Å². The first kappa shape index (κ1) is 13.3. The molecule has 0 atom stereocenters. The Morgan fingerprint density at radius 2 is 1.74 bits per heavy atom. The maximum absolute atomic E-state index is 13.6. The summed E-state index contributed by atoms with van der Waals surface area (Å²) in [7, 11) is 0. The minimum atomic E-state index is -0.949. The summed E-state index contributed by atoms with van der Waals surface area (Å²) >= 11 is 3.20. The van der Waals surface area contributed by atoms with Crippen molar-refractivity contribution in [3.05, 3.63) is 52.0 Å². The highest BCUT2D eigenvalue weighted by Crippen LogP contribution is 2.31. The zero-order valence-electron chi connectivity index (χ0n) is 9.45. The van der Waals surface area contributed by atoms with Crippen molar-refractivity contribution < 1.29 is 13.5 Å². The molecule has 0 aliphatic heterocycles. The standard InChI is InChI=1S/C13H7BrF2N2O/c14-8-3-9(18)5-10(4-8)19-13-11(15)1-7(6-17)2-12(13)16/h1-5H,18H2. The molecule has 2 N–H and O–H groups in total. The van der Waals surface area contributed by atoms with Gasteiger partial charge in [-0.05, 0) is 24.3 Å². The van der Waals surface area contributed by atoms with E-state index < -0.39 is 17.4 Å². The summed E-state index contributed by atoms with van der Waals surface area (Å²) in [5.41, 5.74) is 5.87. The lowest BCUT2D eigenvalue weighted by molar-refractivity contribution is 0.407. The lowest BCUT2D eigenvalue weighted by atomic mass is 10.2. The van der Waals surface area contributed by atoms with Gasteiger partial charge in [-0.1, -0.05) is 15.9 Å². The van der Waals surface area contributed by atoms with E-state index in [0.29, 0.717) is 10.2 Å². The van der Waals surface area contributed by atoms with E-state index >= 15 is 0 Å². The van der Waals surface area contributed by atoms with Gasteiger partial charge in [0.25, 0.3) is 0 Å². The van der Waals surface area contributed by atoms with Crippen LogP contribution in [0.2, 0.25) is 0 Å². The van der Waals surface area contributed by atoms with Gasteiger partial charge >= 0.3 is 0 Å². The van der Waals surface area contributed by atoms with Crippen LogP contribution in [0.5, 0.6) is 11.5 Å². The van der Waals surface area contributed by atoms with Gasteiger partial charge in [0.05, 0.1) is 11.6 Å². The molecule has 96 valence electrons. The first-order chi connectivity index (χ1) is 8.99. The molecule has 0 saturated heterocycles. The Labute approximate surface area is 116 Å². The van der Waals surface area contributed by atoms with Crippen LogP contribution in [0.15, 0.2) is 34.8 Å². The molecule has 3 nitrogen and oxygen atoms in total. The number of nitrogens with zero attached hydrogens (tertiary/aromatic N) is 1. The third-order valence-corrected chi connectivity index (χ3v) is 2.70. The number of rotatable bonds is 2. The maximum atomic E-state index is 13.6. The van der Waals surface area contributed by atoms with E-state index in [1.54, 1.807) is 12.1 Å². The average molecular weight is 325 g/mol. The number of anilines is 1. The van der Waals surface area contributed by atoms with Crippen molar-refractivity contribution in [2.75, 3.05) is 5.73 Å². The maximum Gasteiger partial charge on any atom is 0.198 e. The fraction of sp³-hybridized carbons (Fsp3) is 0. The Morgan fingerprint density at radius 1 is 1.11 bits per heavy atom. The molecule has 0 radical (unpaired) electrons. The van der Waals surface area contributed by atoms with Crippen LogP contribution in [0.3, 0.4) is 0 Å². The van der Waals surface area contributed by atoms with Crippen molar-refractivity contribution in [3.63, 3.8) is 0 Å².